The van der Waals surface area contributed by atoms with Crippen LogP contribution in [0.5, 0.6) is 0 Å². The van der Waals surface area contributed by atoms with Crippen molar-refractivity contribution in [2.24, 2.45) is 0 Å². The standard InChI is InChI=1S/C14H16N2O7S/c1-14(6-7-24(21,22)9-14)15-12(17)8-23-13(18)10-2-4-11(5-3-10)16(19)20/h2-5H,6-9H2,1H3,(H,15,17)/t14-/m0/s1. The van der Waals surface area contributed by atoms with Crippen molar-refractivity contribution in [3.8, 4) is 0 Å². The van der Waals surface area contributed by atoms with E-state index in [0.29, 0.717) is 6.42 Å². The highest BCUT2D eigenvalue weighted by Crippen LogP contribution is 2.22. The zero-order valence-electron chi connectivity index (χ0n) is 12.9. The summed E-state index contributed by atoms with van der Waals surface area (Å²) in [5.41, 5.74) is -0.960. The lowest BCUT2D eigenvalue weighted by atomic mass is 10.0. The molecule has 1 heterocycles. The first-order valence-corrected chi connectivity index (χ1v) is 8.85. The number of nitro benzene ring substituents is 1. The van der Waals surface area contributed by atoms with Gasteiger partial charge in [-0.05, 0) is 25.5 Å². The number of esters is 1. The summed E-state index contributed by atoms with van der Waals surface area (Å²) >= 11 is 0. The molecule has 130 valence electrons. The average molecular weight is 356 g/mol. The van der Waals surface area contributed by atoms with Crippen LogP contribution in [0.4, 0.5) is 5.69 Å². The van der Waals surface area contributed by atoms with Crippen molar-refractivity contribution in [2.45, 2.75) is 18.9 Å². The fraction of sp³-hybridized carbons (Fsp3) is 0.429. The van der Waals surface area contributed by atoms with Crippen LogP contribution < -0.4 is 5.32 Å². The van der Waals surface area contributed by atoms with Crippen LogP contribution in [0.1, 0.15) is 23.7 Å². The number of benzene rings is 1. The number of sulfone groups is 1. The third kappa shape index (κ3) is 4.51. The van der Waals surface area contributed by atoms with Gasteiger partial charge in [0.05, 0.1) is 27.5 Å². The molecule has 0 unspecified atom stereocenters. The van der Waals surface area contributed by atoms with Crippen LogP contribution in [-0.4, -0.2) is 48.9 Å². The minimum absolute atomic E-state index is 0.00631. The monoisotopic (exact) mass is 356 g/mol. The second-order valence-electron chi connectivity index (χ2n) is 5.83. The van der Waals surface area contributed by atoms with Crippen LogP contribution in [0.3, 0.4) is 0 Å². The van der Waals surface area contributed by atoms with Gasteiger partial charge in [-0.25, -0.2) is 13.2 Å². The Kier molecular flexibility index (Phi) is 4.88. The third-order valence-corrected chi connectivity index (χ3v) is 5.50. The number of nitro groups is 1. The number of nitrogens with one attached hydrogen (secondary N) is 1. The van der Waals surface area contributed by atoms with Gasteiger partial charge in [-0.2, -0.15) is 0 Å². The van der Waals surface area contributed by atoms with Gasteiger partial charge in [0.1, 0.15) is 0 Å². The summed E-state index contributed by atoms with van der Waals surface area (Å²) in [5.74, 6) is -1.55. The van der Waals surface area contributed by atoms with Gasteiger partial charge < -0.3 is 10.1 Å². The minimum atomic E-state index is -3.16. The molecule has 1 atom stereocenters. The molecule has 1 fully saturated rings. The second kappa shape index (κ2) is 6.56. The summed E-state index contributed by atoms with van der Waals surface area (Å²) in [6, 6.07) is 4.76. The van der Waals surface area contributed by atoms with E-state index in [9.17, 15) is 28.1 Å². The molecule has 1 amide bonds. The van der Waals surface area contributed by atoms with E-state index in [1.807, 2.05) is 0 Å². The molecule has 0 aromatic heterocycles. The first-order chi connectivity index (χ1) is 11.1. The molecule has 9 nitrogen and oxygen atoms in total. The Morgan fingerprint density at radius 3 is 2.46 bits per heavy atom. The van der Waals surface area contributed by atoms with Crippen LogP contribution in [-0.2, 0) is 19.4 Å². The van der Waals surface area contributed by atoms with Crippen molar-refractivity contribution >= 4 is 27.4 Å². The first-order valence-electron chi connectivity index (χ1n) is 7.03. The van der Waals surface area contributed by atoms with E-state index in [-0.39, 0.29) is 22.8 Å². The Hall–Kier alpha value is -2.49. The average Bonchev–Trinajstić information content (AvgIpc) is 2.78. The smallest absolute Gasteiger partial charge is 0.338 e. The Morgan fingerprint density at radius 2 is 1.96 bits per heavy atom. The summed E-state index contributed by atoms with van der Waals surface area (Å²) < 4.78 is 27.8. The summed E-state index contributed by atoms with van der Waals surface area (Å²) in [7, 11) is -3.16. The van der Waals surface area contributed by atoms with Gasteiger partial charge in [0, 0.05) is 12.1 Å². The Labute approximate surface area is 138 Å². The highest BCUT2D eigenvalue weighted by atomic mass is 32.2. The fourth-order valence-electron chi connectivity index (χ4n) is 2.42. The SMILES string of the molecule is C[C@]1(NC(=O)COC(=O)c2ccc([N+](=O)[O-])cc2)CCS(=O)(=O)C1. The molecule has 0 radical (unpaired) electrons. The van der Waals surface area contributed by atoms with E-state index in [1.165, 1.54) is 12.1 Å². The van der Waals surface area contributed by atoms with Crippen molar-refractivity contribution in [2.75, 3.05) is 18.1 Å². The van der Waals surface area contributed by atoms with E-state index in [4.69, 9.17) is 4.74 Å². The maximum absolute atomic E-state index is 11.8. The van der Waals surface area contributed by atoms with Crippen molar-refractivity contribution in [1.29, 1.82) is 0 Å². The highest BCUT2D eigenvalue weighted by Gasteiger charge is 2.39. The van der Waals surface area contributed by atoms with Crippen LogP contribution >= 0.6 is 0 Å². The molecule has 1 aliphatic heterocycles. The zero-order chi connectivity index (χ0) is 18.0. The van der Waals surface area contributed by atoms with Crippen LogP contribution in [0.25, 0.3) is 0 Å². The molecule has 1 aromatic carbocycles. The Balaban J connectivity index is 1.87. The summed E-state index contributed by atoms with van der Waals surface area (Å²) in [4.78, 5) is 33.5. The quantitative estimate of drug-likeness (QED) is 0.460. The number of nitrogens with zero attached hydrogens (tertiary/aromatic N) is 1. The lowest BCUT2D eigenvalue weighted by Crippen LogP contribution is -2.48. The number of carbonyl (C=O) groups excluding carboxylic acids is 2. The molecule has 0 saturated carbocycles. The molecule has 10 heteroatoms. The molecule has 0 spiro atoms. The van der Waals surface area contributed by atoms with Crippen molar-refractivity contribution in [1.82, 2.24) is 5.32 Å². The van der Waals surface area contributed by atoms with E-state index in [2.05, 4.69) is 5.32 Å². The van der Waals surface area contributed by atoms with Gasteiger partial charge in [-0.1, -0.05) is 0 Å². The molecule has 2 rings (SSSR count). The van der Waals surface area contributed by atoms with Crippen molar-refractivity contribution in [3.63, 3.8) is 0 Å². The number of hydrogen-bond acceptors (Lipinski definition) is 7. The second-order valence-corrected chi connectivity index (χ2v) is 8.02. The number of amides is 1. The maximum Gasteiger partial charge on any atom is 0.338 e. The summed E-state index contributed by atoms with van der Waals surface area (Å²) in [5, 5.41) is 13.1. The Morgan fingerprint density at radius 1 is 1.33 bits per heavy atom. The molecular formula is C14H16N2O7S. The molecular weight excluding hydrogens is 340 g/mol. The summed E-state index contributed by atoms with van der Waals surface area (Å²) in [6.45, 7) is 1.05. The zero-order valence-corrected chi connectivity index (χ0v) is 13.7. The van der Waals surface area contributed by atoms with Gasteiger partial charge >= 0.3 is 5.97 Å². The topological polar surface area (TPSA) is 133 Å². The molecule has 1 N–H and O–H groups in total. The van der Waals surface area contributed by atoms with Gasteiger partial charge in [0.15, 0.2) is 16.4 Å². The highest BCUT2D eigenvalue weighted by molar-refractivity contribution is 7.91. The van der Waals surface area contributed by atoms with Crippen molar-refractivity contribution in [3.05, 3.63) is 39.9 Å². The molecule has 1 saturated heterocycles. The van der Waals surface area contributed by atoms with Gasteiger partial charge in [-0.3, -0.25) is 14.9 Å². The number of non-ortho nitro benzene ring substituents is 1. The Bertz CT molecular complexity index is 773. The predicted molar refractivity (Wildman–Crippen MR) is 83.2 cm³/mol. The summed E-state index contributed by atoms with van der Waals surface area (Å²) in [6.07, 6.45) is 0.303. The molecule has 1 aromatic rings. The molecule has 24 heavy (non-hydrogen) atoms. The van der Waals surface area contributed by atoms with E-state index in [0.717, 1.165) is 12.1 Å². The predicted octanol–water partition coefficient (Wildman–Crippen LogP) is 0.445. The lowest BCUT2D eigenvalue weighted by molar-refractivity contribution is -0.384. The van der Waals surface area contributed by atoms with E-state index < -0.39 is 38.8 Å². The molecule has 1 aliphatic rings. The first kappa shape index (κ1) is 17.9. The van der Waals surface area contributed by atoms with Crippen LogP contribution in [0.15, 0.2) is 24.3 Å². The number of hydrogen-bond donors (Lipinski definition) is 1. The van der Waals surface area contributed by atoms with Crippen molar-refractivity contribution < 1.29 is 27.7 Å². The fourth-order valence-corrected chi connectivity index (χ4v) is 4.51. The number of rotatable bonds is 5. The van der Waals surface area contributed by atoms with Gasteiger partial charge in [-0.15, -0.1) is 0 Å². The van der Waals surface area contributed by atoms with Gasteiger partial charge in [0.2, 0.25) is 0 Å². The van der Waals surface area contributed by atoms with Crippen LogP contribution in [0, 0.1) is 10.1 Å². The maximum atomic E-state index is 11.8. The third-order valence-electron chi connectivity index (χ3n) is 3.59. The minimum Gasteiger partial charge on any atom is -0.452 e. The molecule has 0 aliphatic carbocycles. The number of carbonyl (C=O) groups is 2. The molecule has 0 bridgehead atoms. The van der Waals surface area contributed by atoms with E-state index >= 15 is 0 Å². The van der Waals surface area contributed by atoms with E-state index in [1.54, 1.807) is 6.92 Å². The normalized spacial score (nSPS) is 21.9. The lowest BCUT2D eigenvalue weighted by Gasteiger charge is -2.23. The largest absolute Gasteiger partial charge is 0.452 e. The number of ether oxygens (including phenoxy) is 1. The van der Waals surface area contributed by atoms with Gasteiger partial charge in [0.25, 0.3) is 11.6 Å². The van der Waals surface area contributed by atoms with Crippen LogP contribution in [0.2, 0.25) is 0 Å².